The van der Waals surface area contributed by atoms with Crippen LogP contribution in [0.5, 0.6) is 5.75 Å². The Hall–Kier alpha value is -2.99. The fourth-order valence-corrected chi connectivity index (χ4v) is 3.52. The number of benzene rings is 2. The van der Waals surface area contributed by atoms with E-state index in [4.69, 9.17) is 9.47 Å². The molecule has 6 heteroatoms. The highest BCUT2D eigenvalue weighted by molar-refractivity contribution is 7.98. The highest BCUT2D eigenvalue weighted by atomic mass is 32.2. The summed E-state index contributed by atoms with van der Waals surface area (Å²) in [4.78, 5) is 28.3. The minimum absolute atomic E-state index is 0.268. The summed E-state index contributed by atoms with van der Waals surface area (Å²) in [5, 5.41) is 0. The van der Waals surface area contributed by atoms with Gasteiger partial charge in [0.25, 0.3) is 5.91 Å². The molecule has 0 radical (unpaired) electrons. The van der Waals surface area contributed by atoms with Gasteiger partial charge in [0.15, 0.2) is 0 Å². The normalized spacial score (nSPS) is 15.4. The van der Waals surface area contributed by atoms with Gasteiger partial charge in [0.05, 0.1) is 31.1 Å². The smallest absolute Gasteiger partial charge is 0.340 e. The molecular weight excluding hydrogens is 374 g/mol. The van der Waals surface area contributed by atoms with E-state index < -0.39 is 5.97 Å². The molecule has 1 aliphatic heterocycles. The first-order chi connectivity index (χ1) is 13.5. The van der Waals surface area contributed by atoms with Gasteiger partial charge in [-0.2, -0.15) is 0 Å². The number of amides is 1. The number of carbonyl (C=O) groups is 2. The van der Waals surface area contributed by atoms with Gasteiger partial charge < -0.3 is 9.47 Å². The lowest BCUT2D eigenvalue weighted by molar-refractivity contribution is -0.136. The number of hydrogen-bond acceptors (Lipinski definition) is 5. The number of thioether (sulfide) groups is 1. The topological polar surface area (TPSA) is 55.8 Å². The van der Waals surface area contributed by atoms with E-state index >= 15 is 0 Å². The van der Waals surface area contributed by atoms with E-state index in [0.29, 0.717) is 22.7 Å². The van der Waals surface area contributed by atoms with Crippen LogP contribution < -0.4 is 9.64 Å². The maximum atomic E-state index is 13.2. The van der Waals surface area contributed by atoms with Gasteiger partial charge in [0.2, 0.25) is 0 Å². The van der Waals surface area contributed by atoms with Gasteiger partial charge in [-0.25, -0.2) is 4.79 Å². The van der Waals surface area contributed by atoms with Crippen molar-refractivity contribution in [3.8, 4) is 5.75 Å². The van der Waals surface area contributed by atoms with Crippen LogP contribution in [-0.2, 0) is 14.3 Å². The van der Waals surface area contributed by atoms with Crippen molar-refractivity contribution < 1.29 is 19.1 Å². The van der Waals surface area contributed by atoms with E-state index in [-0.39, 0.29) is 11.5 Å². The van der Waals surface area contributed by atoms with Gasteiger partial charge in [-0.1, -0.05) is 18.2 Å². The minimum Gasteiger partial charge on any atom is -0.497 e. The van der Waals surface area contributed by atoms with Crippen molar-refractivity contribution in [1.82, 2.24) is 0 Å². The van der Waals surface area contributed by atoms with Crippen LogP contribution in [0.4, 0.5) is 5.69 Å². The third-order valence-electron chi connectivity index (χ3n) is 4.53. The Balaban J connectivity index is 2.10. The molecule has 0 spiro atoms. The van der Waals surface area contributed by atoms with Crippen LogP contribution in [-0.4, -0.2) is 32.4 Å². The first kappa shape index (κ1) is 19.8. The quantitative estimate of drug-likeness (QED) is 0.429. The van der Waals surface area contributed by atoms with Gasteiger partial charge in [-0.05, 0) is 49.1 Å². The molecule has 0 atom stereocenters. The van der Waals surface area contributed by atoms with Crippen LogP contribution in [0.15, 0.2) is 70.3 Å². The molecule has 0 N–H and O–H groups in total. The molecule has 28 heavy (non-hydrogen) atoms. The van der Waals surface area contributed by atoms with E-state index in [1.807, 2.05) is 30.5 Å². The van der Waals surface area contributed by atoms with Gasteiger partial charge in [-0.3, -0.25) is 9.69 Å². The summed E-state index contributed by atoms with van der Waals surface area (Å²) in [7, 11) is 2.88. The van der Waals surface area contributed by atoms with E-state index in [1.165, 1.54) is 12.0 Å². The van der Waals surface area contributed by atoms with Crippen molar-refractivity contribution in [2.75, 3.05) is 25.4 Å². The Kier molecular flexibility index (Phi) is 5.90. The number of hydrogen-bond donors (Lipinski definition) is 0. The molecule has 3 rings (SSSR count). The van der Waals surface area contributed by atoms with E-state index in [1.54, 1.807) is 56.1 Å². The van der Waals surface area contributed by atoms with E-state index in [0.717, 1.165) is 10.5 Å². The SMILES string of the molecule is COC(=O)C1=C(C)N(c2cccc(OC)c2)C(=O)/C1=C\c1ccc(SC)cc1. The molecule has 0 aromatic heterocycles. The number of methoxy groups -OCH3 is 2. The summed E-state index contributed by atoms with van der Waals surface area (Å²) < 4.78 is 10.2. The lowest BCUT2D eigenvalue weighted by Crippen LogP contribution is -2.24. The molecule has 144 valence electrons. The van der Waals surface area contributed by atoms with Crippen LogP contribution in [0.1, 0.15) is 12.5 Å². The standard InChI is InChI=1S/C22H21NO4S/c1-14-20(22(25)27-3)19(12-15-8-10-18(28-4)11-9-15)21(24)23(14)16-6-5-7-17(13-16)26-2/h5-13H,1-4H3/b19-12-. The molecule has 1 heterocycles. The van der Waals surface area contributed by atoms with E-state index in [2.05, 4.69) is 0 Å². The fourth-order valence-electron chi connectivity index (χ4n) is 3.11. The Morgan fingerprint density at radius 3 is 2.43 bits per heavy atom. The van der Waals surface area contributed by atoms with Gasteiger partial charge in [-0.15, -0.1) is 11.8 Å². The first-order valence-corrected chi connectivity index (χ1v) is 9.86. The van der Waals surface area contributed by atoms with Crippen LogP contribution in [0, 0.1) is 0 Å². The molecular formula is C22H21NO4S. The fraction of sp³-hybridized carbons (Fsp3) is 0.182. The molecule has 0 fully saturated rings. The minimum atomic E-state index is -0.539. The van der Waals surface area contributed by atoms with Gasteiger partial charge in [0.1, 0.15) is 5.75 Å². The number of allylic oxidation sites excluding steroid dienone is 1. The summed E-state index contributed by atoms with van der Waals surface area (Å²) in [6.45, 7) is 1.74. The van der Waals surface area contributed by atoms with Crippen molar-refractivity contribution in [2.45, 2.75) is 11.8 Å². The van der Waals surface area contributed by atoms with Gasteiger partial charge in [0, 0.05) is 16.7 Å². The number of rotatable bonds is 5. The molecule has 5 nitrogen and oxygen atoms in total. The number of anilines is 1. The van der Waals surface area contributed by atoms with Crippen molar-refractivity contribution in [2.24, 2.45) is 0 Å². The van der Waals surface area contributed by atoms with Crippen molar-refractivity contribution in [1.29, 1.82) is 0 Å². The molecule has 2 aromatic rings. The summed E-state index contributed by atoms with van der Waals surface area (Å²) in [5.41, 5.74) is 2.57. The first-order valence-electron chi connectivity index (χ1n) is 8.64. The van der Waals surface area contributed by atoms with E-state index in [9.17, 15) is 9.59 Å². The van der Waals surface area contributed by atoms with Crippen LogP contribution in [0.25, 0.3) is 6.08 Å². The zero-order chi connectivity index (χ0) is 20.3. The summed E-state index contributed by atoms with van der Waals surface area (Å²) in [6, 6.07) is 15.0. The number of nitrogens with zero attached hydrogens (tertiary/aromatic N) is 1. The molecule has 0 aliphatic carbocycles. The molecule has 1 amide bonds. The van der Waals surface area contributed by atoms with Crippen molar-refractivity contribution in [3.63, 3.8) is 0 Å². The monoisotopic (exact) mass is 395 g/mol. The lowest BCUT2D eigenvalue weighted by atomic mass is 10.0. The highest BCUT2D eigenvalue weighted by Crippen LogP contribution is 2.36. The largest absolute Gasteiger partial charge is 0.497 e. The van der Waals surface area contributed by atoms with Crippen molar-refractivity contribution >= 4 is 35.4 Å². The maximum absolute atomic E-state index is 13.2. The number of carbonyl (C=O) groups excluding carboxylic acids is 2. The average molecular weight is 395 g/mol. The number of esters is 1. The van der Waals surface area contributed by atoms with Crippen LogP contribution in [0.3, 0.4) is 0 Å². The van der Waals surface area contributed by atoms with Crippen molar-refractivity contribution in [3.05, 3.63) is 70.9 Å². The average Bonchev–Trinajstić information content (AvgIpc) is 2.97. The Bertz CT molecular complexity index is 976. The van der Waals surface area contributed by atoms with Gasteiger partial charge >= 0.3 is 5.97 Å². The summed E-state index contributed by atoms with van der Waals surface area (Å²) in [6.07, 6.45) is 3.73. The zero-order valence-electron chi connectivity index (χ0n) is 16.2. The molecule has 1 aliphatic rings. The second-order valence-corrected chi connectivity index (χ2v) is 7.00. The Morgan fingerprint density at radius 2 is 1.82 bits per heavy atom. The second-order valence-electron chi connectivity index (χ2n) is 6.13. The van der Waals surface area contributed by atoms with Crippen LogP contribution >= 0.6 is 11.8 Å². The molecule has 0 bridgehead atoms. The number of ether oxygens (including phenoxy) is 2. The predicted octanol–water partition coefficient (Wildman–Crippen LogP) is 4.29. The second kappa shape index (κ2) is 8.35. The summed E-state index contributed by atoms with van der Waals surface area (Å²) >= 11 is 1.64. The Morgan fingerprint density at radius 1 is 1.11 bits per heavy atom. The predicted molar refractivity (Wildman–Crippen MR) is 111 cm³/mol. The summed E-state index contributed by atoms with van der Waals surface area (Å²) in [5.74, 6) is -0.189. The molecule has 0 saturated carbocycles. The zero-order valence-corrected chi connectivity index (χ0v) is 17.0. The molecule has 0 unspecified atom stereocenters. The van der Waals surface area contributed by atoms with Crippen LogP contribution in [0.2, 0.25) is 0 Å². The third kappa shape index (κ3) is 3.68. The maximum Gasteiger partial charge on any atom is 0.340 e. The Labute approximate surface area is 168 Å². The molecule has 0 saturated heterocycles. The third-order valence-corrected chi connectivity index (χ3v) is 5.27. The molecule has 2 aromatic carbocycles. The highest BCUT2D eigenvalue weighted by Gasteiger charge is 2.38. The lowest BCUT2D eigenvalue weighted by Gasteiger charge is -2.18.